The molecule has 1 saturated heterocycles. The zero-order valence-electron chi connectivity index (χ0n) is 8.84. The molecule has 1 N–H and O–H groups in total. The van der Waals surface area contributed by atoms with Crippen molar-refractivity contribution in [1.82, 2.24) is 10.2 Å². The van der Waals surface area contributed by atoms with Crippen LogP contribution in [-0.2, 0) is 0 Å². The fraction of sp³-hybridized carbons (Fsp3) is 0.900. The number of hydrogen-bond donors (Lipinski definition) is 1. The second kappa shape index (κ2) is 4.80. The lowest BCUT2D eigenvalue weighted by molar-refractivity contribution is 0.205. The maximum Gasteiger partial charge on any atom is 0.169 e. The van der Waals surface area contributed by atoms with Crippen molar-refractivity contribution in [2.24, 2.45) is 5.92 Å². The Morgan fingerprint density at radius 1 is 1.46 bits per heavy atom. The molecule has 1 rings (SSSR count). The first kappa shape index (κ1) is 10.8. The average Bonchev–Trinajstić information content (AvgIpc) is 2.09. The fourth-order valence-corrected chi connectivity index (χ4v) is 2.22. The molecule has 0 saturated carbocycles. The highest BCUT2D eigenvalue weighted by Gasteiger charge is 2.24. The van der Waals surface area contributed by atoms with Crippen LogP contribution in [0, 0.1) is 5.92 Å². The molecule has 76 valence electrons. The van der Waals surface area contributed by atoms with Crippen molar-refractivity contribution >= 4 is 17.3 Å². The molecule has 1 heterocycles. The number of piperidine rings is 1. The Hall–Kier alpha value is -0.310. The van der Waals surface area contributed by atoms with Gasteiger partial charge in [0.15, 0.2) is 5.11 Å². The lowest BCUT2D eigenvalue weighted by atomic mass is 9.95. The van der Waals surface area contributed by atoms with Gasteiger partial charge in [-0.1, -0.05) is 6.92 Å². The van der Waals surface area contributed by atoms with Gasteiger partial charge in [-0.2, -0.15) is 0 Å². The minimum atomic E-state index is 0.614. The van der Waals surface area contributed by atoms with Gasteiger partial charge in [-0.15, -0.1) is 0 Å². The third-order valence-electron chi connectivity index (χ3n) is 2.71. The van der Waals surface area contributed by atoms with Crippen LogP contribution >= 0.6 is 12.2 Å². The molecule has 1 aliphatic rings. The monoisotopic (exact) mass is 200 g/mol. The number of thiocarbonyl (C=S) groups is 1. The Labute approximate surface area is 86.7 Å². The number of likely N-dealkylation sites (tertiary alicyclic amines) is 1. The molecule has 0 radical (unpaired) electrons. The molecule has 0 amide bonds. The van der Waals surface area contributed by atoms with E-state index in [1.54, 1.807) is 0 Å². The summed E-state index contributed by atoms with van der Waals surface area (Å²) >= 11 is 5.32. The van der Waals surface area contributed by atoms with Crippen LogP contribution in [0.1, 0.15) is 33.6 Å². The lowest BCUT2D eigenvalue weighted by Crippen LogP contribution is -2.49. The largest absolute Gasteiger partial charge is 0.363 e. The molecule has 2 atom stereocenters. The summed E-state index contributed by atoms with van der Waals surface area (Å²) in [5.74, 6) is 0.785. The number of nitrogens with zero attached hydrogens (tertiary/aromatic N) is 1. The second-order valence-electron chi connectivity index (χ2n) is 4.02. The van der Waals surface area contributed by atoms with E-state index in [1.165, 1.54) is 12.8 Å². The third-order valence-corrected chi connectivity index (χ3v) is 3.09. The highest BCUT2D eigenvalue weighted by Crippen LogP contribution is 2.21. The minimum Gasteiger partial charge on any atom is -0.363 e. The minimum absolute atomic E-state index is 0.614. The predicted molar refractivity (Wildman–Crippen MR) is 60.8 cm³/mol. The Morgan fingerprint density at radius 2 is 2.15 bits per heavy atom. The number of hydrogen-bond acceptors (Lipinski definition) is 1. The summed E-state index contributed by atoms with van der Waals surface area (Å²) in [5.41, 5.74) is 0. The standard InChI is InChI=1S/C10H20N2S/c1-4-11-10(13)12-7-8(2)5-6-9(12)3/h8-9H,4-7H2,1-3H3,(H,11,13). The maximum atomic E-state index is 5.32. The molecule has 2 unspecified atom stereocenters. The molecule has 1 fully saturated rings. The Balaban J connectivity index is 2.50. The van der Waals surface area contributed by atoms with Crippen LogP contribution in [0.2, 0.25) is 0 Å². The van der Waals surface area contributed by atoms with Gasteiger partial charge in [-0.3, -0.25) is 0 Å². The smallest absolute Gasteiger partial charge is 0.169 e. The van der Waals surface area contributed by atoms with Crippen molar-refractivity contribution < 1.29 is 0 Å². The average molecular weight is 200 g/mol. The normalized spacial score (nSPS) is 28.7. The van der Waals surface area contributed by atoms with Crippen molar-refractivity contribution in [2.45, 2.75) is 39.7 Å². The van der Waals surface area contributed by atoms with Gasteiger partial charge in [0.05, 0.1) is 0 Å². The van der Waals surface area contributed by atoms with Crippen LogP contribution < -0.4 is 5.32 Å². The van der Waals surface area contributed by atoms with Crippen molar-refractivity contribution in [3.8, 4) is 0 Å². The van der Waals surface area contributed by atoms with Gasteiger partial charge in [0.2, 0.25) is 0 Å². The first-order valence-electron chi connectivity index (χ1n) is 5.19. The van der Waals surface area contributed by atoms with E-state index < -0.39 is 0 Å². The summed E-state index contributed by atoms with van der Waals surface area (Å²) in [4.78, 5) is 2.33. The Kier molecular flexibility index (Phi) is 3.97. The predicted octanol–water partition coefficient (Wildman–Crippen LogP) is 2.00. The van der Waals surface area contributed by atoms with Gasteiger partial charge in [-0.05, 0) is 44.8 Å². The first-order valence-corrected chi connectivity index (χ1v) is 5.60. The molecule has 3 heteroatoms. The number of rotatable bonds is 1. The summed E-state index contributed by atoms with van der Waals surface area (Å²) in [6.45, 7) is 8.69. The second-order valence-corrected chi connectivity index (χ2v) is 4.41. The van der Waals surface area contributed by atoms with Crippen LogP contribution in [0.25, 0.3) is 0 Å². The van der Waals surface area contributed by atoms with Crippen LogP contribution in [0.15, 0.2) is 0 Å². The molecule has 0 bridgehead atoms. The van der Waals surface area contributed by atoms with Crippen LogP contribution in [0.3, 0.4) is 0 Å². The Morgan fingerprint density at radius 3 is 2.77 bits per heavy atom. The van der Waals surface area contributed by atoms with Crippen molar-refractivity contribution in [3.05, 3.63) is 0 Å². The zero-order chi connectivity index (χ0) is 9.84. The van der Waals surface area contributed by atoms with Gasteiger partial charge in [-0.25, -0.2) is 0 Å². The molecule has 1 aliphatic heterocycles. The quantitative estimate of drug-likeness (QED) is 0.652. The van der Waals surface area contributed by atoms with E-state index in [2.05, 4.69) is 31.0 Å². The van der Waals surface area contributed by atoms with Crippen molar-refractivity contribution in [1.29, 1.82) is 0 Å². The van der Waals surface area contributed by atoms with Crippen molar-refractivity contribution in [2.75, 3.05) is 13.1 Å². The molecule has 2 nitrogen and oxygen atoms in total. The van der Waals surface area contributed by atoms with E-state index in [4.69, 9.17) is 12.2 Å². The summed E-state index contributed by atoms with van der Waals surface area (Å²) in [6.07, 6.45) is 2.61. The maximum absolute atomic E-state index is 5.32. The Bertz CT molecular complexity index is 182. The van der Waals surface area contributed by atoms with E-state index in [-0.39, 0.29) is 0 Å². The van der Waals surface area contributed by atoms with Crippen LogP contribution in [-0.4, -0.2) is 29.1 Å². The van der Waals surface area contributed by atoms with E-state index in [0.29, 0.717) is 6.04 Å². The lowest BCUT2D eigenvalue weighted by Gasteiger charge is -2.38. The topological polar surface area (TPSA) is 15.3 Å². The van der Waals surface area contributed by atoms with Gasteiger partial charge in [0.25, 0.3) is 0 Å². The molecule has 0 aromatic carbocycles. The molecular weight excluding hydrogens is 180 g/mol. The summed E-state index contributed by atoms with van der Waals surface area (Å²) in [7, 11) is 0. The molecule has 0 aromatic rings. The third kappa shape index (κ3) is 2.83. The van der Waals surface area contributed by atoms with Crippen molar-refractivity contribution in [3.63, 3.8) is 0 Å². The fourth-order valence-electron chi connectivity index (χ4n) is 1.82. The molecule has 0 aliphatic carbocycles. The molecular formula is C10H20N2S. The van der Waals surface area contributed by atoms with E-state index >= 15 is 0 Å². The zero-order valence-corrected chi connectivity index (χ0v) is 9.66. The highest BCUT2D eigenvalue weighted by molar-refractivity contribution is 7.80. The van der Waals surface area contributed by atoms with Crippen LogP contribution in [0.4, 0.5) is 0 Å². The SMILES string of the molecule is CCNC(=S)N1CC(C)CCC1C. The van der Waals surface area contributed by atoms with Crippen LogP contribution in [0.5, 0.6) is 0 Å². The van der Waals surface area contributed by atoms with Gasteiger partial charge in [0.1, 0.15) is 0 Å². The summed E-state index contributed by atoms with van der Waals surface area (Å²) in [5, 5.41) is 4.16. The first-order chi connectivity index (χ1) is 6.15. The highest BCUT2D eigenvalue weighted by atomic mass is 32.1. The molecule has 13 heavy (non-hydrogen) atoms. The van der Waals surface area contributed by atoms with E-state index in [0.717, 1.165) is 24.1 Å². The molecule has 0 spiro atoms. The van der Waals surface area contributed by atoms with E-state index in [9.17, 15) is 0 Å². The number of nitrogens with one attached hydrogen (secondary N) is 1. The molecule has 0 aromatic heterocycles. The van der Waals surface area contributed by atoms with E-state index in [1.807, 2.05) is 0 Å². The van der Waals surface area contributed by atoms with Gasteiger partial charge < -0.3 is 10.2 Å². The summed E-state index contributed by atoms with van der Waals surface area (Å²) < 4.78 is 0. The van der Waals surface area contributed by atoms with Gasteiger partial charge in [0, 0.05) is 19.1 Å². The summed E-state index contributed by atoms with van der Waals surface area (Å²) in [6, 6.07) is 0.614. The van der Waals surface area contributed by atoms with Gasteiger partial charge >= 0.3 is 0 Å².